The maximum absolute atomic E-state index is 5.68. The van der Waals surface area contributed by atoms with Crippen molar-refractivity contribution in [3.8, 4) is 5.75 Å². The molecule has 104 valence electrons. The molecule has 0 radical (unpaired) electrons. The van der Waals surface area contributed by atoms with Crippen LogP contribution in [0.3, 0.4) is 0 Å². The van der Waals surface area contributed by atoms with Gasteiger partial charge in [-0.25, -0.2) is 0 Å². The van der Waals surface area contributed by atoms with Crippen molar-refractivity contribution < 1.29 is 4.74 Å². The van der Waals surface area contributed by atoms with Crippen LogP contribution in [0.4, 0.5) is 0 Å². The number of fused-ring (bicyclic) bond motifs is 1. The smallest absolute Gasteiger partial charge is 0.128 e. The zero-order valence-electron chi connectivity index (χ0n) is 12.1. The number of aryl methyl sites for hydroxylation is 2. The van der Waals surface area contributed by atoms with Crippen molar-refractivity contribution in [2.24, 2.45) is 7.05 Å². The largest absolute Gasteiger partial charge is 0.493 e. The molecule has 0 aliphatic carbocycles. The summed E-state index contributed by atoms with van der Waals surface area (Å²) in [6.07, 6.45) is 2.11. The van der Waals surface area contributed by atoms with Crippen LogP contribution in [0.25, 0.3) is 10.9 Å². The van der Waals surface area contributed by atoms with Gasteiger partial charge < -0.3 is 9.30 Å². The highest BCUT2D eigenvalue weighted by Gasteiger charge is 2.08. The van der Waals surface area contributed by atoms with Crippen LogP contribution in [0.15, 0.2) is 36.5 Å². The van der Waals surface area contributed by atoms with Crippen LogP contribution in [0, 0.1) is 6.92 Å². The van der Waals surface area contributed by atoms with Crippen molar-refractivity contribution in [3.63, 3.8) is 0 Å². The summed E-state index contributed by atoms with van der Waals surface area (Å²) in [5.41, 5.74) is 3.44. The lowest BCUT2D eigenvalue weighted by Gasteiger charge is -2.08. The normalized spacial score (nSPS) is 11.2. The average molecular weight is 269 g/mol. The molecule has 1 aromatic carbocycles. The van der Waals surface area contributed by atoms with E-state index in [1.807, 2.05) is 37.7 Å². The Morgan fingerprint density at radius 1 is 1.25 bits per heavy atom. The van der Waals surface area contributed by atoms with Gasteiger partial charge in [-0.15, -0.1) is 0 Å². The lowest BCUT2D eigenvalue weighted by atomic mass is 10.2. The first-order valence-corrected chi connectivity index (χ1v) is 6.89. The summed E-state index contributed by atoms with van der Waals surface area (Å²) in [4.78, 5) is 0. The van der Waals surface area contributed by atoms with E-state index in [1.54, 1.807) is 0 Å². The molecule has 4 nitrogen and oxygen atoms in total. The number of benzene rings is 1. The molecule has 0 saturated carbocycles. The Kier molecular flexibility index (Phi) is 3.22. The number of rotatable bonds is 4. The van der Waals surface area contributed by atoms with Gasteiger partial charge in [0.25, 0.3) is 0 Å². The molecular formula is C16H19N3O. The van der Waals surface area contributed by atoms with E-state index in [4.69, 9.17) is 4.74 Å². The lowest BCUT2D eigenvalue weighted by molar-refractivity contribution is 0.344. The van der Waals surface area contributed by atoms with Crippen LogP contribution >= 0.6 is 0 Å². The van der Waals surface area contributed by atoms with Gasteiger partial charge in [0.15, 0.2) is 0 Å². The van der Waals surface area contributed by atoms with Gasteiger partial charge in [-0.3, -0.25) is 4.68 Å². The molecule has 0 aliphatic rings. The predicted octanol–water partition coefficient (Wildman–Crippen LogP) is 3.13. The van der Waals surface area contributed by atoms with Crippen molar-refractivity contribution in [3.05, 3.63) is 47.9 Å². The first kappa shape index (κ1) is 12.8. The highest BCUT2D eigenvalue weighted by molar-refractivity contribution is 5.86. The molecule has 0 saturated heterocycles. The Morgan fingerprint density at radius 2 is 2.10 bits per heavy atom. The number of aromatic nitrogens is 3. The van der Waals surface area contributed by atoms with Crippen molar-refractivity contribution >= 4 is 10.9 Å². The molecule has 0 atom stereocenters. The van der Waals surface area contributed by atoms with Crippen LogP contribution < -0.4 is 4.74 Å². The van der Waals surface area contributed by atoms with Crippen LogP contribution in [-0.4, -0.2) is 21.0 Å². The van der Waals surface area contributed by atoms with E-state index in [9.17, 15) is 0 Å². The molecule has 0 aliphatic heterocycles. The van der Waals surface area contributed by atoms with Gasteiger partial charge in [-0.1, -0.05) is 6.07 Å². The number of hydrogen-bond donors (Lipinski definition) is 0. The van der Waals surface area contributed by atoms with Gasteiger partial charge in [0, 0.05) is 18.6 Å². The number of ether oxygens (including phenoxy) is 1. The molecule has 0 fully saturated rings. The molecule has 3 aromatic rings. The highest BCUT2D eigenvalue weighted by atomic mass is 16.5. The van der Waals surface area contributed by atoms with Gasteiger partial charge >= 0.3 is 0 Å². The van der Waals surface area contributed by atoms with Crippen molar-refractivity contribution in [2.45, 2.75) is 20.4 Å². The van der Waals surface area contributed by atoms with E-state index in [-0.39, 0.29) is 0 Å². The van der Waals surface area contributed by atoms with Gasteiger partial charge in [0.05, 0.1) is 30.1 Å². The SMILES string of the molecule is CCOc1cccc2c1ccn2Cc1cc(C)nn1C. The van der Waals surface area contributed by atoms with E-state index in [0.717, 1.165) is 23.4 Å². The lowest BCUT2D eigenvalue weighted by Crippen LogP contribution is -2.04. The van der Waals surface area contributed by atoms with E-state index in [2.05, 4.69) is 34.1 Å². The summed E-state index contributed by atoms with van der Waals surface area (Å²) in [7, 11) is 1.99. The third kappa shape index (κ3) is 2.18. The Balaban J connectivity index is 2.00. The molecule has 3 rings (SSSR count). The molecule has 0 unspecified atom stereocenters. The second kappa shape index (κ2) is 5.04. The fourth-order valence-electron chi connectivity index (χ4n) is 2.60. The zero-order chi connectivity index (χ0) is 14.1. The molecule has 0 amide bonds. The summed E-state index contributed by atoms with van der Waals surface area (Å²) in [6.45, 7) is 5.53. The maximum Gasteiger partial charge on any atom is 0.128 e. The van der Waals surface area contributed by atoms with Crippen LogP contribution in [0.1, 0.15) is 18.3 Å². The van der Waals surface area contributed by atoms with Crippen molar-refractivity contribution in [1.29, 1.82) is 0 Å². The Morgan fingerprint density at radius 3 is 2.80 bits per heavy atom. The first-order valence-electron chi connectivity index (χ1n) is 6.89. The van der Waals surface area contributed by atoms with Crippen molar-refractivity contribution in [1.82, 2.24) is 14.3 Å². The second-order valence-electron chi connectivity index (χ2n) is 4.97. The molecule has 4 heteroatoms. The number of hydrogen-bond acceptors (Lipinski definition) is 2. The van der Waals surface area contributed by atoms with Gasteiger partial charge in [0.1, 0.15) is 5.75 Å². The Hall–Kier alpha value is -2.23. The zero-order valence-corrected chi connectivity index (χ0v) is 12.1. The third-order valence-electron chi connectivity index (χ3n) is 3.50. The summed E-state index contributed by atoms with van der Waals surface area (Å²) < 4.78 is 9.85. The fourth-order valence-corrected chi connectivity index (χ4v) is 2.60. The monoisotopic (exact) mass is 269 g/mol. The van der Waals surface area contributed by atoms with Gasteiger partial charge in [-0.05, 0) is 38.1 Å². The van der Waals surface area contributed by atoms with E-state index >= 15 is 0 Å². The molecule has 2 aromatic heterocycles. The summed E-state index contributed by atoms with van der Waals surface area (Å²) in [5.74, 6) is 0.949. The van der Waals surface area contributed by atoms with Crippen LogP contribution in [0.2, 0.25) is 0 Å². The average Bonchev–Trinajstić information content (AvgIpc) is 2.96. The Labute approximate surface area is 118 Å². The van der Waals surface area contributed by atoms with Crippen LogP contribution in [0.5, 0.6) is 5.75 Å². The van der Waals surface area contributed by atoms with Crippen molar-refractivity contribution in [2.75, 3.05) is 6.61 Å². The van der Waals surface area contributed by atoms with Gasteiger partial charge in [0.2, 0.25) is 0 Å². The standard InChI is InChI=1S/C16H19N3O/c1-4-20-16-7-5-6-15-14(16)8-9-19(15)11-13-10-12(2)17-18(13)3/h5-10H,4,11H2,1-3H3. The molecule has 2 heterocycles. The summed E-state index contributed by atoms with van der Waals surface area (Å²) >= 11 is 0. The maximum atomic E-state index is 5.68. The number of nitrogens with zero attached hydrogens (tertiary/aromatic N) is 3. The van der Waals surface area contributed by atoms with Crippen LogP contribution in [-0.2, 0) is 13.6 Å². The second-order valence-corrected chi connectivity index (χ2v) is 4.97. The summed E-state index contributed by atoms with van der Waals surface area (Å²) in [5, 5.41) is 5.56. The minimum absolute atomic E-state index is 0.686. The third-order valence-corrected chi connectivity index (χ3v) is 3.50. The van der Waals surface area contributed by atoms with E-state index in [0.29, 0.717) is 6.61 Å². The fraction of sp³-hybridized carbons (Fsp3) is 0.312. The quantitative estimate of drug-likeness (QED) is 0.729. The van der Waals surface area contributed by atoms with Gasteiger partial charge in [-0.2, -0.15) is 5.10 Å². The molecular weight excluding hydrogens is 250 g/mol. The summed E-state index contributed by atoms with van der Waals surface area (Å²) in [6, 6.07) is 10.4. The topological polar surface area (TPSA) is 32.0 Å². The minimum atomic E-state index is 0.686. The minimum Gasteiger partial charge on any atom is -0.493 e. The predicted molar refractivity (Wildman–Crippen MR) is 80.2 cm³/mol. The highest BCUT2D eigenvalue weighted by Crippen LogP contribution is 2.27. The molecule has 0 N–H and O–H groups in total. The molecule has 0 spiro atoms. The Bertz CT molecular complexity index is 739. The van der Waals surface area contributed by atoms with E-state index < -0.39 is 0 Å². The molecule has 20 heavy (non-hydrogen) atoms. The molecule has 0 bridgehead atoms. The van der Waals surface area contributed by atoms with E-state index in [1.165, 1.54) is 11.2 Å². The first-order chi connectivity index (χ1) is 9.69.